The molecule has 0 unspecified atom stereocenters. The number of hydrogen-bond donors (Lipinski definition) is 0. The molecule has 0 aliphatic carbocycles. The zero-order valence-electron chi connectivity index (χ0n) is 14.4. The van der Waals surface area contributed by atoms with E-state index in [4.69, 9.17) is 7.85 Å². The van der Waals surface area contributed by atoms with Crippen molar-refractivity contribution in [1.29, 1.82) is 0 Å². The van der Waals surface area contributed by atoms with Gasteiger partial charge >= 0.3 is 0 Å². The van der Waals surface area contributed by atoms with E-state index in [0.717, 1.165) is 0 Å². The Labute approximate surface area is 155 Å². The van der Waals surface area contributed by atoms with Crippen molar-refractivity contribution in [3.8, 4) is 0 Å². The number of benzene rings is 1. The Bertz CT molecular complexity index is 1140. The second-order valence-electron chi connectivity index (χ2n) is 6.09. The third kappa shape index (κ3) is 3.97. The van der Waals surface area contributed by atoms with Crippen LogP contribution in [0.3, 0.4) is 0 Å². The first-order valence-electron chi connectivity index (χ1n) is 8.13. The highest BCUT2D eigenvalue weighted by Crippen LogP contribution is 2.18. The molecule has 0 bridgehead atoms. The number of nitrogens with zero attached hydrogens (tertiary/aromatic N) is 2. The van der Waals surface area contributed by atoms with Gasteiger partial charge in [0.15, 0.2) is 11.6 Å². The molecule has 0 amide bonds. The van der Waals surface area contributed by atoms with Crippen molar-refractivity contribution < 1.29 is 8.78 Å². The van der Waals surface area contributed by atoms with Crippen LogP contribution in [-0.4, -0.2) is 17.0 Å². The fraction of sp³-hybridized carbons (Fsp3) is 0.100. The highest BCUT2D eigenvalue weighted by Gasteiger charge is 2.15. The Morgan fingerprint density at radius 3 is 2.07 bits per heavy atom. The van der Waals surface area contributed by atoms with Crippen molar-refractivity contribution in [2.45, 2.75) is 13.1 Å². The zero-order chi connectivity index (χ0) is 19.6. The first-order valence-corrected chi connectivity index (χ1v) is 8.13. The summed E-state index contributed by atoms with van der Waals surface area (Å²) in [7, 11) is 5.61. The van der Waals surface area contributed by atoms with Gasteiger partial charge in [-0.3, -0.25) is 9.59 Å². The van der Waals surface area contributed by atoms with E-state index < -0.39 is 11.6 Å². The Kier molecular flexibility index (Phi) is 5.21. The van der Waals surface area contributed by atoms with Crippen LogP contribution in [-0.2, 0) is 13.1 Å². The number of pyridine rings is 2. The Balaban J connectivity index is 1.93. The molecule has 0 aliphatic rings. The van der Waals surface area contributed by atoms with Gasteiger partial charge in [0.25, 0.3) is 11.1 Å². The second kappa shape index (κ2) is 7.57. The van der Waals surface area contributed by atoms with E-state index in [1.165, 1.54) is 51.9 Å². The lowest BCUT2D eigenvalue weighted by Crippen LogP contribution is -2.21. The van der Waals surface area contributed by atoms with Crippen LogP contribution in [0.15, 0.2) is 71.0 Å². The number of aromatic nitrogens is 2. The molecule has 0 spiro atoms. The van der Waals surface area contributed by atoms with E-state index in [0.29, 0.717) is 5.56 Å². The molecule has 27 heavy (non-hydrogen) atoms. The molecule has 2 radical (unpaired) electrons. The molecule has 0 N–H and O–H groups in total. The van der Waals surface area contributed by atoms with E-state index in [1.54, 1.807) is 12.1 Å². The summed E-state index contributed by atoms with van der Waals surface area (Å²) in [6, 6.07) is 10.2. The molecule has 0 saturated heterocycles. The van der Waals surface area contributed by atoms with Crippen LogP contribution in [0.2, 0.25) is 0 Å². The van der Waals surface area contributed by atoms with Gasteiger partial charge in [-0.1, -0.05) is 23.7 Å². The highest BCUT2D eigenvalue weighted by atomic mass is 19.2. The lowest BCUT2D eigenvalue weighted by Gasteiger charge is -2.12. The molecule has 1 aromatic carbocycles. The Morgan fingerprint density at radius 1 is 0.889 bits per heavy atom. The number of hydrogen-bond acceptors (Lipinski definition) is 2. The molecule has 4 nitrogen and oxygen atoms in total. The molecule has 2 aromatic heterocycles. The monoisotopic (exact) mass is 364 g/mol. The summed E-state index contributed by atoms with van der Waals surface area (Å²) in [6.07, 6.45) is 2.94. The first kappa shape index (κ1) is 18.6. The van der Waals surface area contributed by atoms with Gasteiger partial charge in [0.2, 0.25) is 0 Å². The van der Waals surface area contributed by atoms with Gasteiger partial charge < -0.3 is 9.13 Å². The minimum absolute atomic E-state index is 0.0125. The Hall–Kier alpha value is -3.22. The van der Waals surface area contributed by atoms with E-state index in [1.807, 2.05) is 0 Å². The fourth-order valence-corrected chi connectivity index (χ4v) is 2.68. The normalized spacial score (nSPS) is 10.7. The fourth-order valence-electron chi connectivity index (χ4n) is 2.68. The predicted molar refractivity (Wildman–Crippen MR) is 101 cm³/mol. The van der Waals surface area contributed by atoms with Crippen LogP contribution >= 0.6 is 0 Å². The number of halogens is 2. The molecular weight excluding hydrogens is 349 g/mol. The standard InChI is InChI=1S/C20H15BF2N2O2/c1-13(21)14-7-8-18(27)25(10-14)12-16-6-5-15(19(22)20(16)23)11-24-9-3-2-4-17(24)26/h2-10H,1,11-12H2. The Morgan fingerprint density at radius 2 is 1.48 bits per heavy atom. The molecule has 0 aliphatic heterocycles. The van der Waals surface area contributed by atoms with Gasteiger partial charge in [0.1, 0.15) is 7.85 Å². The maximum absolute atomic E-state index is 14.5. The molecule has 134 valence electrons. The summed E-state index contributed by atoms with van der Waals surface area (Å²) in [5.74, 6) is -2.10. The number of rotatable bonds is 5. The molecule has 0 fully saturated rings. The predicted octanol–water partition coefficient (Wildman–Crippen LogP) is 2.52. The molecule has 0 saturated carbocycles. The lowest BCUT2D eigenvalue weighted by atomic mass is 9.91. The van der Waals surface area contributed by atoms with Crippen molar-refractivity contribution >= 4 is 13.3 Å². The van der Waals surface area contributed by atoms with Crippen LogP contribution in [0.1, 0.15) is 16.7 Å². The molecule has 0 atom stereocenters. The largest absolute Gasteiger partial charge is 0.311 e. The van der Waals surface area contributed by atoms with Gasteiger partial charge in [-0.15, -0.1) is 6.58 Å². The van der Waals surface area contributed by atoms with Gasteiger partial charge in [0, 0.05) is 35.7 Å². The van der Waals surface area contributed by atoms with E-state index >= 15 is 0 Å². The third-order valence-corrected chi connectivity index (χ3v) is 4.18. The SMILES string of the molecule is [B]C(=C)c1ccc(=O)n(Cc2ccc(Cn3ccccc3=O)c(F)c2F)c1. The summed E-state index contributed by atoms with van der Waals surface area (Å²) in [5.41, 5.74) is 0.153. The van der Waals surface area contributed by atoms with Gasteiger partial charge in [-0.05, 0) is 17.7 Å². The van der Waals surface area contributed by atoms with Crippen molar-refractivity contribution in [3.63, 3.8) is 0 Å². The summed E-state index contributed by atoms with van der Waals surface area (Å²) < 4.78 is 31.5. The van der Waals surface area contributed by atoms with E-state index in [-0.39, 0.29) is 40.8 Å². The smallest absolute Gasteiger partial charge is 0.250 e. The van der Waals surface area contributed by atoms with Crippen LogP contribution in [0.4, 0.5) is 8.78 Å². The molecule has 3 rings (SSSR count). The maximum atomic E-state index is 14.5. The molecular formula is C20H15BF2N2O2. The minimum Gasteiger partial charge on any atom is -0.311 e. The molecule has 2 heterocycles. The highest BCUT2D eigenvalue weighted by molar-refractivity contribution is 6.41. The van der Waals surface area contributed by atoms with Crippen LogP contribution in [0.25, 0.3) is 5.47 Å². The zero-order valence-corrected chi connectivity index (χ0v) is 14.4. The summed E-state index contributed by atoms with van der Waals surface area (Å²) in [5, 5.41) is 0. The van der Waals surface area contributed by atoms with Crippen LogP contribution in [0, 0.1) is 11.6 Å². The van der Waals surface area contributed by atoms with Crippen molar-refractivity contribution in [2.75, 3.05) is 0 Å². The van der Waals surface area contributed by atoms with Crippen LogP contribution in [0.5, 0.6) is 0 Å². The van der Waals surface area contributed by atoms with Crippen molar-refractivity contribution in [1.82, 2.24) is 9.13 Å². The van der Waals surface area contributed by atoms with Gasteiger partial charge in [-0.2, -0.15) is 0 Å². The summed E-state index contributed by atoms with van der Waals surface area (Å²) in [4.78, 5) is 23.7. The summed E-state index contributed by atoms with van der Waals surface area (Å²) >= 11 is 0. The quantitative estimate of drug-likeness (QED) is 0.653. The van der Waals surface area contributed by atoms with Crippen LogP contribution < -0.4 is 11.1 Å². The van der Waals surface area contributed by atoms with E-state index in [2.05, 4.69) is 6.58 Å². The first-order chi connectivity index (χ1) is 12.9. The van der Waals surface area contributed by atoms with E-state index in [9.17, 15) is 18.4 Å². The molecule has 3 aromatic rings. The second-order valence-corrected chi connectivity index (χ2v) is 6.09. The lowest BCUT2D eigenvalue weighted by molar-refractivity contribution is 0.482. The minimum atomic E-state index is -1.06. The third-order valence-electron chi connectivity index (χ3n) is 4.18. The topological polar surface area (TPSA) is 44.0 Å². The van der Waals surface area contributed by atoms with Gasteiger partial charge in [0.05, 0.1) is 13.1 Å². The summed E-state index contributed by atoms with van der Waals surface area (Å²) in [6.45, 7) is 3.34. The molecule has 7 heteroatoms. The average molecular weight is 364 g/mol. The maximum Gasteiger partial charge on any atom is 0.250 e. The van der Waals surface area contributed by atoms with Gasteiger partial charge in [-0.25, -0.2) is 8.78 Å². The average Bonchev–Trinajstić information content (AvgIpc) is 2.64. The van der Waals surface area contributed by atoms with Crippen molar-refractivity contribution in [2.24, 2.45) is 0 Å². The van der Waals surface area contributed by atoms with Crippen molar-refractivity contribution in [3.05, 3.63) is 110 Å².